The molecule has 0 saturated heterocycles. The van der Waals surface area contributed by atoms with Crippen molar-refractivity contribution in [2.45, 2.75) is 6.54 Å². The van der Waals surface area contributed by atoms with E-state index in [-0.39, 0.29) is 11.5 Å². The molecule has 1 aromatic heterocycles. The number of aromatic nitrogens is 1. The molecule has 0 aliphatic rings. The lowest BCUT2D eigenvalue weighted by Crippen LogP contribution is -1.98. The molecular weight excluding hydrogens is 212 g/mol. The van der Waals surface area contributed by atoms with E-state index in [2.05, 4.69) is 10.3 Å². The Balaban J connectivity index is 2.02. The third-order valence-electron chi connectivity index (χ3n) is 1.92. The molecule has 0 amide bonds. The Hall–Kier alpha value is -1.75. The molecule has 5 heteroatoms. The van der Waals surface area contributed by atoms with Gasteiger partial charge in [0.15, 0.2) is 16.6 Å². The van der Waals surface area contributed by atoms with Crippen LogP contribution in [0.4, 0.5) is 5.13 Å². The fraction of sp³-hybridized carbons (Fsp3) is 0.100. The van der Waals surface area contributed by atoms with Crippen LogP contribution in [0.1, 0.15) is 5.56 Å². The summed E-state index contributed by atoms with van der Waals surface area (Å²) >= 11 is 1.52. The van der Waals surface area contributed by atoms with Crippen LogP contribution in [0.2, 0.25) is 0 Å². The van der Waals surface area contributed by atoms with Crippen LogP contribution in [0, 0.1) is 0 Å². The summed E-state index contributed by atoms with van der Waals surface area (Å²) in [5.74, 6) is -0.207. The van der Waals surface area contributed by atoms with Crippen molar-refractivity contribution in [3.8, 4) is 11.5 Å². The molecule has 0 bridgehead atoms. The van der Waals surface area contributed by atoms with E-state index in [9.17, 15) is 5.11 Å². The van der Waals surface area contributed by atoms with E-state index in [1.807, 2.05) is 5.38 Å². The minimum atomic E-state index is -0.104. The minimum absolute atomic E-state index is 0.103. The van der Waals surface area contributed by atoms with Crippen LogP contribution < -0.4 is 5.32 Å². The number of hydrogen-bond donors (Lipinski definition) is 3. The van der Waals surface area contributed by atoms with E-state index >= 15 is 0 Å². The van der Waals surface area contributed by atoms with Gasteiger partial charge in [0.25, 0.3) is 0 Å². The van der Waals surface area contributed by atoms with Crippen LogP contribution in [0.3, 0.4) is 0 Å². The zero-order chi connectivity index (χ0) is 10.7. The number of anilines is 1. The summed E-state index contributed by atoms with van der Waals surface area (Å²) in [6.07, 6.45) is 1.72. The number of nitrogens with zero attached hydrogens (tertiary/aromatic N) is 1. The second kappa shape index (κ2) is 4.18. The summed E-state index contributed by atoms with van der Waals surface area (Å²) < 4.78 is 0. The first-order valence-electron chi connectivity index (χ1n) is 4.40. The van der Waals surface area contributed by atoms with Crippen molar-refractivity contribution in [2.75, 3.05) is 5.32 Å². The highest BCUT2D eigenvalue weighted by atomic mass is 32.1. The Bertz CT molecular complexity index is 443. The standard InChI is InChI=1S/C10H10N2O2S/c13-8-2-1-7(5-9(8)14)6-12-10-11-3-4-15-10/h1-5,13-14H,6H2,(H,11,12). The Morgan fingerprint density at radius 1 is 1.27 bits per heavy atom. The van der Waals surface area contributed by atoms with Crippen LogP contribution in [0.15, 0.2) is 29.8 Å². The molecular formula is C10H10N2O2S. The molecule has 0 radical (unpaired) electrons. The summed E-state index contributed by atoms with van der Waals surface area (Å²) in [6.45, 7) is 0.571. The fourth-order valence-electron chi connectivity index (χ4n) is 1.17. The van der Waals surface area contributed by atoms with E-state index in [1.54, 1.807) is 12.3 Å². The van der Waals surface area contributed by atoms with Gasteiger partial charge in [0.2, 0.25) is 0 Å². The predicted octanol–water partition coefficient (Wildman–Crippen LogP) is 2.17. The van der Waals surface area contributed by atoms with Crippen molar-refractivity contribution < 1.29 is 10.2 Å². The third kappa shape index (κ3) is 2.38. The Morgan fingerprint density at radius 2 is 2.13 bits per heavy atom. The maximum atomic E-state index is 9.27. The van der Waals surface area contributed by atoms with Gasteiger partial charge >= 0.3 is 0 Å². The minimum Gasteiger partial charge on any atom is -0.504 e. The Kier molecular flexibility index (Phi) is 2.73. The second-order valence-corrected chi connectivity index (χ2v) is 3.91. The van der Waals surface area contributed by atoms with Crippen molar-refractivity contribution in [3.05, 3.63) is 35.3 Å². The van der Waals surface area contributed by atoms with Gasteiger partial charge in [0, 0.05) is 18.1 Å². The molecule has 2 aromatic rings. The molecule has 0 saturated carbocycles. The van der Waals surface area contributed by atoms with E-state index in [4.69, 9.17) is 5.11 Å². The summed E-state index contributed by atoms with van der Waals surface area (Å²) in [5.41, 5.74) is 0.889. The van der Waals surface area contributed by atoms with Gasteiger partial charge in [0.05, 0.1) is 0 Å². The summed E-state index contributed by atoms with van der Waals surface area (Å²) in [7, 11) is 0. The van der Waals surface area contributed by atoms with Gasteiger partial charge in [-0.3, -0.25) is 0 Å². The zero-order valence-electron chi connectivity index (χ0n) is 7.84. The van der Waals surface area contributed by atoms with Crippen molar-refractivity contribution in [1.82, 2.24) is 4.98 Å². The maximum Gasteiger partial charge on any atom is 0.182 e. The molecule has 0 spiro atoms. The van der Waals surface area contributed by atoms with Crippen molar-refractivity contribution in [1.29, 1.82) is 0 Å². The molecule has 15 heavy (non-hydrogen) atoms. The second-order valence-electron chi connectivity index (χ2n) is 3.01. The van der Waals surface area contributed by atoms with Gasteiger partial charge in [-0.25, -0.2) is 4.98 Å². The number of aromatic hydroxyl groups is 2. The van der Waals surface area contributed by atoms with Crippen molar-refractivity contribution in [2.24, 2.45) is 0 Å². The summed E-state index contributed by atoms with van der Waals surface area (Å²) in [4.78, 5) is 4.07. The lowest BCUT2D eigenvalue weighted by atomic mass is 10.2. The van der Waals surface area contributed by atoms with Crippen LogP contribution in [0.25, 0.3) is 0 Å². The molecule has 1 aromatic carbocycles. The van der Waals surface area contributed by atoms with Gasteiger partial charge in [-0.05, 0) is 17.7 Å². The van der Waals surface area contributed by atoms with E-state index in [1.165, 1.54) is 23.5 Å². The fourth-order valence-corrected chi connectivity index (χ4v) is 1.70. The number of phenolic OH excluding ortho intramolecular Hbond substituents is 2. The highest BCUT2D eigenvalue weighted by Crippen LogP contribution is 2.25. The normalized spacial score (nSPS) is 10.1. The SMILES string of the molecule is Oc1ccc(CNc2nccs2)cc1O. The third-order valence-corrected chi connectivity index (χ3v) is 2.65. The van der Waals surface area contributed by atoms with Gasteiger partial charge in [-0.15, -0.1) is 11.3 Å². The van der Waals surface area contributed by atoms with Crippen molar-refractivity contribution in [3.63, 3.8) is 0 Å². The number of nitrogens with one attached hydrogen (secondary N) is 1. The molecule has 0 unspecified atom stereocenters. The highest BCUT2D eigenvalue weighted by Gasteiger charge is 2.01. The monoisotopic (exact) mass is 222 g/mol. The summed E-state index contributed by atoms with van der Waals surface area (Å²) in [5, 5.41) is 24.2. The first-order chi connectivity index (χ1) is 7.25. The van der Waals surface area contributed by atoms with Gasteiger partial charge in [-0.2, -0.15) is 0 Å². The first-order valence-corrected chi connectivity index (χ1v) is 5.28. The smallest absolute Gasteiger partial charge is 0.182 e. The number of rotatable bonds is 3. The highest BCUT2D eigenvalue weighted by molar-refractivity contribution is 7.13. The first kappa shape index (κ1) is 9.79. The molecule has 0 aliphatic carbocycles. The topological polar surface area (TPSA) is 65.4 Å². The Labute approximate surface area is 90.9 Å². The van der Waals surface area contributed by atoms with Gasteiger partial charge < -0.3 is 15.5 Å². The largest absolute Gasteiger partial charge is 0.504 e. The van der Waals surface area contributed by atoms with Crippen LogP contribution in [-0.4, -0.2) is 15.2 Å². The predicted molar refractivity (Wildman–Crippen MR) is 59.2 cm³/mol. The number of thiazole rings is 1. The molecule has 0 atom stereocenters. The van der Waals surface area contributed by atoms with Crippen LogP contribution >= 0.6 is 11.3 Å². The maximum absolute atomic E-state index is 9.27. The summed E-state index contributed by atoms with van der Waals surface area (Å²) in [6, 6.07) is 4.74. The van der Waals surface area contributed by atoms with Gasteiger partial charge in [-0.1, -0.05) is 6.07 Å². The lowest BCUT2D eigenvalue weighted by molar-refractivity contribution is 0.403. The average molecular weight is 222 g/mol. The van der Waals surface area contributed by atoms with Crippen LogP contribution in [0.5, 0.6) is 11.5 Å². The average Bonchev–Trinajstić information content (AvgIpc) is 2.73. The molecule has 3 N–H and O–H groups in total. The van der Waals surface area contributed by atoms with E-state index in [0.29, 0.717) is 6.54 Å². The molecule has 2 rings (SSSR count). The number of phenols is 2. The molecule has 4 nitrogen and oxygen atoms in total. The Morgan fingerprint density at radius 3 is 2.80 bits per heavy atom. The lowest BCUT2D eigenvalue weighted by Gasteiger charge is -2.04. The van der Waals surface area contributed by atoms with Gasteiger partial charge in [0.1, 0.15) is 0 Å². The number of hydrogen-bond acceptors (Lipinski definition) is 5. The van der Waals surface area contributed by atoms with E-state index < -0.39 is 0 Å². The quantitative estimate of drug-likeness (QED) is 0.696. The van der Waals surface area contributed by atoms with E-state index in [0.717, 1.165) is 10.7 Å². The number of benzene rings is 1. The van der Waals surface area contributed by atoms with Crippen LogP contribution in [-0.2, 0) is 6.54 Å². The molecule has 1 heterocycles. The molecule has 78 valence electrons. The zero-order valence-corrected chi connectivity index (χ0v) is 8.66. The molecule has 0 fully saturated rings. The van der Waals surface area contributed by atoms with Crippen molar-refractivity contribution >= 4 is 16.5 Å². The molecule has 0 aliphatic heterocycles.